The molecule has 0 radical (unpaired) electrons. The molecule has 14 heavy (non-hydrogen) atoms. The summed E-state index contributed by atoms with van der Waals surface area (Å²) < 4.78 is 5.54. The molecule has 1 aromatic rings. The Bertz CT molecular complexity index is 401. The van der Waals surface area contributed by atoms with Crippen molar-refractivity contribution in [3.05, 3.63) is 39.2 Å². The molecule has 1 aliphatic heterocycles. The predicted molar refractivity (Wildman–Crippen MR) is 53.6 cm³/mol. The van der Waals surface area contributed by atoms with Crippen molar-refractivity contribution in [2.75, 3.05) is 6.54 Å². The molecule has 1 heterocycles. The van der Waals surface area contributed by atoms with Gasteiger partial charge in [-0.3, -0.25) is 0 Å². The molecule has 5 heteroatoms. The van der Waals surface area contributed by atoms with E-state index in [4.69, 9.17) is 21.9 Å². The van der Waals surface area contributed by atoms with Gasteiger partial charge in [0.05, 0.1) is 11.6 Å². The van der Waals surface area contributed by atoms with Crippen LogP contribution < -0.4 is 4.74 Å². The Morgan fingerprint density at radius 1 is 1.64 bits per heavy atom. The van der Waals surface area contributed by atoms with Crippen molar-refractivity contribution in [2.24, 2.45) is 5.11 Å². The third-order valence-corrected chi connectivity index (χ3v) is 2.43. The Hall–Kier alpha value is -1.38. The van der Waals surface area contributed by atoms with E-state index in [0.29, 0.717) is 11.6 Å². The first kappa shape index (κ1) is 9.19. The van der Waals surface area contributed by atoms with Crippen LogP contribution in [0.5, 0.6) is 5.75 Å². The second-order valence-corrected chi connectivity index (χ2v) is 3.49. The summed E-state index contributed by atoms with van der Waals surface area (Å²) in [5, 5.41) is 4.10. The molecule has 1 aromatic carbocycles. The number of para-hydroxylation sites is 1. The van der Waals surface area contributed by atoms with Crippen molar-refractivity contribution < 1.29 is 4.74 Å². The molecule has 1 unspecified atom stereocenters. The number of hydrogen-bond acceptors (Lipinski definition) is 2. The average Bonchev–Trinajstić information content (AvgIpc) is 2.59. The summed E-state index contributed by atoms with van der Waals surface area (Å²) in [6.07, 6.45) is 0.690. The SMILES string of the molecule is [N-]=[N+]=NCC1Cc2cccc(Cl)c2O1. The van der Waals surface area contributed by atoms with E-state index in [1.807, 2.05) is 12.1 Å². The van der Waals surface area contributed by atoms with E-state index < -0.39 is 0 Å². The van der Waals surface area contributed by atoms with E-state index in [2.05, 4.69) is 10.0 Å². The van der Waals surface area contributed by atoms with E-state index in [1.54, 1.807) is 6.07 Å². The van der Waals surface area contributed by atoms with Crippen LogP contribution in [0, 0.1) is 0 Å². The highest BCUT2D eigenvalue weighted by atomic mass is 35.5. The maximum atomic E-state index is 8.17. The van der Waals surface area contributed by atoms with E-state index >= 15 is 0 Å². The summed E-state index contributed by atoms with van der Waals surface area (Å²) in [5.41, 5.74) is 9.25. The summed E-state index contributed by atoms with van der Waals surface area (Å²) in [5.74, 6) is 0.729. The summed E-state index contributed by atoms with van der Waals surface area (Å²) in [6.45, 7) is 0.349. The number of ether oxygens (including phenoxy) is 1. The third-order valence-electron chi connectivity index (χ3n) is 2.13. The van der Waals surface area contributed by atoms with Crippen LogP contribution in [0.4, 0.5) is 0 Å². The van der Waals surface area contributed by atoms with Crippen molar-refractivity contribution in [2.45, 2.75) is 12.5 Å². The smallest absolute Gasteiger partial charge is 0.141 e. The van der Waals surface area contributed by atoms with E-state index in [1.165, 1.54) is 0 Å². The zero-order valence-corrected chi connectivity index (χ0v) is 8.11. The maximum Gasteiger partial charge on any atom is 0.141 e. The van der Waals surface area contributed by atoms with Crippen LogP contribution in [-0.4, -0.2) is 12.6 Å². The number of hydrogen-bond donors (Lipinski definition) is 0. The van der Waals surface area contributed by atoms with Crippen LogP contribution in [0.1, 0.15) is 5.56 Å². The summed E-state index contributed by atoms with van der Waals surface area (Å²) in [7, 11) is 0. The van der Waals surface area contributed by atoms with Crippen LogP contribution in [0.2, 0.25) is 5.02 Å². The van der Waals surface area contributed by atoms with Crippen molar-refractivity contribution in [3.63, 3.8) is 0 Å². The first-order chi connectivity index (χ1) is 6.81. The van der Waals surface area contributed by atoms with Gasteiger partial charge in [-0.1, -0.05) is 28.8 Å². The monoisotopic (exact) mass is 209 g/mol. The van der Waals surface area contributed by atoms with Crippen LogP contribution in [0.3, 0.4) is 0 Å². The largest absolute Gasteiger partial charge is 0.488 e. The molecule has 0 aliphatic carbocycles. The van der Waals surface area contributed by atoms with Gasteiger partial charge in [-0.15, -0.1) is 0 Å². The number of nitrogens with zero attached hydrogens (tertiary/aromatic N) is 3. The minimum atomic E-state index is -0.0687. The average molecular weight is 210 g/mol. The molecule has 0 bridgehead atoms. The van der Waals surface area contributed by atoms with Crippen LogP contribution in [0.25, 0.3) is 10.4 Å². The second kappa shape index (κ2) is 3.78. The fourth-order valence-electron chi connectivity index (χ4n) is 1.53. The zero-order valence-electron chi connectivity index (χ0n) is 7.35. The highest BCUT2D eigenvalue weighted by molar-refractivity contribution is 6.32. The lowest BCUT2D eigenvalue weighted by molar-refractivity contribution is 0.241. The van der Waals surface area contributed by atoms with Gasteiger partial charge >= 0.3 is 0 Å². The Labute approximate surface area is 86.1 Å². The van der Waals surface area contributed by atoms with Gasteiger partial charge in [-0.2, -0.15) is 0 Å². The standard InChI is InChI=1S/C9H8ClN3O/c10-8-3-1-2-6-4-7(5-12-13-11)14-9(6)8/h1-3,7H,4-5H2. The third kappa shape index (κ3) is 1.62. The predicted octanol–water partition coefficient (Wildman–Crippen LogP) is 2.95. The molecule has 1 atom stereocenters. The molecule has 0 saturated carbocycles. The van der Waals surface area contributed by atoms with E-state index in [0.717, 1.165) is 17.7 Å². The van der Waals surface area contributed by atoms with Gasteiger partial charge in [0.1, 0.15) is 11.9 Å². The number of benzene rings is 1. The zero-order chi connectivity index (χ0) is 9.97. The van der Waals surface area contributed by atoms with Gasteiger partial charge in [0.15, 0.2) is 0 Å². The number of azide groups is 1. The molecule has 4 nitrogen and oxygen atoms in total. The number of fused-ring (bicyclic) bond motifs is 1. The molecule has 72 valence electrons. The quantitative estimate of drug-likeness (QED) is 0.420. The Kier molecular flexibility index (Phi) is 2.48. The van der Waals surface area contributed by atoms with E-state index in [-0.39, 0.29) is 6.10 Å². The van der Waals surface area contributed by atoms with Crippen LogP contribution in [-0.2, 0) is 6.42 Å². The topological polar surface area (TPSA) is 58.0 Å². The van der Waals surface area contributed by atoms with Gasteiger partial charge in [-0.05, 0) is 17.2 Å². The highest BCUT2D eigenvalue weighted by Gasteiger charge is 2.23. The molecule has 0 saturated heterocycles. The molecule has 0 spiro atoms. The first-order valence-electron chi connectivity index (χ1n) is 4.26. The molecule has 0 N–H and O–H groups in total. The molecule has 0 fully saturated rings. The number of rotatable bonds is 2. The normalized spacial score (nSPS) is 18.2. The van der Waals surface area contributed by atoms with Crippen molar-refractivity contribution >= 4 is 11.6 Å². The fourth-order valence-corrected chi connectivity index (χ4v) is 1.77. The molecular weight excluding hydrogens is 202 g/mol. The Balaban J connectivity index is 2.17. The minimum absolute atomic E-state index is 0.0687. The van der Waals surface area contributed by atoms with Crippen molar-refractivity contribution in [3.8, 4) is 5.75 Å². The molecule has 1 aliphatic rings. The lowest BCUT2D eigenvalue weighted by Gasteiger charge is -2.06. The Morgan fingerprint density at radius 2 is 2.50 bits per heavy atom. The van der Waals surface area contributed by atoms with Gasteiger partial charge in [0, 0.05) is 11.3 Å². The van der Waals surface area contributed by atoms with Crippen LogP contribution in [0.15, 0.2) is 23.3 Å². The molecular formula is C9H8ClN3O. The van der Waals surface area contributed by atoms with Gasteiger partial charge in [0.25, 0.3) is 0 Å². The lowest BCUT2D eigenvalue weighted by atomic mass is 10.1. The fraction of sp³-hybridized carbons (Fsp3) is 0.333. The van der Waals surface area contributed by atoms with Gasteiger partial charge in [0.2, 0.25) is 0 Å². The summed E-state index contributed by atoms with van der Waals surface area (Å²) in [6, 6.07) is 5.65. The number of halogens is 1. The molecule has 2 rings (SSSR count). The van der Waals surface area contributed by atoms with Gasteiger partial charge in [-0.25, -0.2) is 0 Å². The van der Waals surface area contributed by atoms with E-state index in [9.17, 15) is 0 Å². The van der Waals surface area contributed by atoms with Crippen molar-refractivity contribution in [1.29, 1.82) is 0 Å². The summed E-state index contributed by atoms with van der Waals surface area (Å²) >= 11 is 5.94. The molecule has 0 amide bonds. The van der Waals surface area contributed by atoms with Crippen molar-refractivity contribution in [1.82, 2.24) is 0 Å². The Morgan fingerprint density at radius 3 is 3.21 bits per heavy atom. The van der Waals surface area contributed by atoms with Gasteiger partial charge < -0.3 is 4.74 Å². The minimum Gasteiger partial charge on any atom is -0.488 e. The molecule has 0 aromatic heterocycles. The first-order valence-corrected chi connectivity index (χ1v) is 4.64. The highest BCUT2D eigenvalue weighted by Crippen LogP contribution is 2.35. The maximum absolute atomic E-state index is 8.17. The second-order valence-electron chi connectivity index (χ2n) is 3.09. The van der Waals surface area contributed by atoms with Crippen LogP contribution >= 0.6 is 11.6 Å². The summed E-state index contributed by atoms with van der Waals surface area (Å²) in [4.78, 5) is 2.70. The lowest BCUT2D eigenvalue weighted by Crippen LogP contribution is -2.16.